The molecule has 0 saturated heterocycles. The monoisotopic (exact) mass is 715 g/mol. The Labute approximate surface area is 291 Å². The molecule has 0 heterocycles. The summed E-state index contributed by atoms with van der Waals surface area (Å²) < 4.78 is 34.6. The van der Waals surface area contributed by atoms with Crippen molar-refractivity contribution in [2.24, 2.45) is 0 Å². The summed E-state index contributed by atoms with van der Waals surface area (Å²) in [4.78, 5) is 29.9. The van der Waals surface area contributed by atoms with Crippen LogP contribution in [0.15, 0.2) is 102 Å². The van der Waals surface area contributed by atoms with E-state index in [1.165, 1.54) is 42.3 Å². The number of nitrogens with one attached hydrogen (secondary N) is 1. The van der Waals surface area contributed by atoms with Crippen molar-refractivity contribution in [1.82, 2.24) is 10.2 Å². The van der Waals surface area contributed by atoms with Crippen LogP contribution in [0.5, 0.6) is 5.75 Å². The molecule has 0 radical (unpaired) electrons. The number of amides is 2. The summed E-state index contributed by atoms with van der Waals surface area (Å²) >= 11 is 18.8. The highest BCUT2D eigenvalue weighted by Crippen LogP contribution is 2.29. The van der Waals surface area contributed by atoms with E-state index in [9.17, 15) is 18.0 Å². The SMILES string of the molecule is COc1ccc(S(=O)(=O)N(CC(=O)N(Cc2ccc(Cl)c(Cl)c2)[C@H](Cc2ccccc2)C(=O)NC(C)(C)C)c2cccc(Cl)c2)cc1. The maximum Gasteiger partial charge on any atom is 0.264 e. The van der Waals surface area contributed by atoms with Gasteiger partial charge in [-0.1, -0.05) is 77.3 Å². The van der Waals surface area contributed by atoms with Crippen molar-refractivity contribution < 1.29 is 22.7 Å². The number of benzene rings is 4. The Morgan fingerprint density at radius 1 is 0.830 bits per heavy atom. The number of rotatable bonds is 12. The molecule has 0 aliphatic rings. The third-order valence-corrected chi connectivity index (χ3v) is 9.89. The summed E-state index contributed by atoms with van der Waals surface area (Å²) in [6.07, 6.45) is 0.165. The third-order valence-electron chi connectivity index (χ3n) is 7.13. The van der Waals surface area contributed by atoms with Gasteiger partial charge in [0.25, 0.3) is 10.0 Å². The van der Waals surface area contributed by atoms with E-state index in [-0.39, 0.29) is 33.6 Å². The number of hydrogen-bond donors (Lipinski definition) is 1. The highest BCUT2D eigenvalue weighted by molar-refractivity contribution is 7.92. The Hall–Kier alpha value is -3.76. The van der Waals surface area contributed by atoms with E-state index >= 15 is 0 Å². The zero-order chi connectivity index (χ0) is 34.4. The van der Waals surface area contributed by atoms with Gasteiger partial charge < -0.3 is 15.0 Å². The summed E-state index contributed by atoms with van der Waals surface area (Å²) in [6, 6.07) is 25.3. The van der Waals surface area contributed by atoms with Gasteiger partial charge in [-0.3, -0.25) is 13.9 Å². The fraction of sp³-hybridized carbons (Fsp3) is 0.257. The van der Waals surface area contributed by atoms with Gasteiger partial charge in [0.2, 0.25) is 11.8 Å². The van der Waals surface area contributed by atoms with E-state index < -0.39 is 40.0 Å². The van der Waals surface area contributed by atoms with Crippen LogP contribution in [0.2, 0.25) is 15.1 Å². The first-order chi connectivity index (χ1) is 22.2. The van der Waals surface area contributed by atoms with Crippen LogP contribution in [-0.2, 0) is 32.6 Å². The minimum absolute atomic E-state index is 0.0588. The van der Waals surface area contributed by atoms with Crippen molar-refractivity contribution in [3.8, 4) is 5.75 Å². The Balaban J connectivity index is 1.83. The lowest BCUT2D eigenvalue weighted by Crippen LogP contribution is -2.56. The molecule has 4 rings (SSSR count). The highest BCUT2D eigenvalue weighted by atomic mass is 35.5. The van der Waals surface area contributed by atoms with Crippen LogP contribution in [-0.4, -0.2) is 50.4 Å². The van der Waals surface area contributed by atoms with E-state index in [0.717, 1.165) is 9.87 Å². The van der Waals surface area contributed by atoms with Crippen molar-refractivity contribution in [3.05, 3.63) is 123 Å². The topological polar surface area (TPSA) is 96.0 Å². The first-order valence-corrected chi connectivity index (χ1v) is 17.3. The van der Waals surface area contributed by atoms with Crippen molar-refractivity contribution >= 4 is 62.3 Å². The van der Waals surface area contributed by atoms with Gasteiger partial charge in [-0.2, -0.15) is 0 Å². The van der Waals surface area contributed by atoms with Crippen LogP contribution in [0.4, 0.5) is 5.69 Å². The Kier molecular flexibility index (Phi) is 11.8. The summed E-state index contributed by atoms with van der Waals surface area (Å²) in [5.41, 5.74) is 0.970. The van der Waals surface area contributed by atoms with E-state index in [2.05, 4.69) is 5.32 Å². The molecule has 248 valence electrons. The molecule has 0 bridgehead atoms. The zero-order valence-electron chi connectivity index (χ0n) is 26.4. The number of sulfonamides is 1. The Morgan fingerprint density at radius 3 is 2.11 bits per heavy atom. The maximum atomic E-state index is 14.6. The van der Waals surface area contributed by atoms with Gasteiger partial charge in [0.05, 0.1) is 27.7 Å². The van der Waals surface area contributed by atoms with Crippen molar-refractivity contribution in [1.29, 1.82) is 0 Å². The predicted octanol–water partition coefficient (Wildman–Crippen LogP) is 7.41. The number of nitrogens with zero attached hydrogens (tertiary/aromatic N) is 2. The second kappa shape index (κ2) is 15.4. The van der Waals surface area contributed by atoms with E-state index in [1.54, 1.807) is 36.4 Å². The lowest BCUT2D eigenvalue weighted by molar-refractivity contribution is -0.140. The molecule has 0 aliphatic carbocycles. The largest absolute Gasteiger partial charge is 0.497 e. The second-order valence-electron chi connectivity index (χ2n) is 11.9. The van der Waals surface area contributed by atoms with Crippen LogP contribution < -0.4 is 14.4 Å². The molecule has 0 spiro atoms. The number of ether oxygens (including phenoxy) is 1. The fourth-order valence-electron chi connectivity index (χ4n) is 4.88. The van der Waals surface area contributed by atoms with Gasteiger partial charge >= 0.3 is 0 Å². The van der Waals surface area contributed by atoms with Gasteiger partial charge in [0.15, 0.2) is 0 Å². The number of halogens is 3. The Bertz CT molecular complexity index is 1810. The van der Waals surface area contributed by atoms with Crippen molar-refractivity contribution in [3.63, 3.8) is 0 Å². The third kappa shape index (κ3) is 9.64. The molecule has 0 aliphatic heterocycles. The highest BCUT2D eigenvalue weighted by Gasteiger charge is 2.35. The molecule has 1 N–H and O–H groups in total. The first kappa shape index (κ1) is 36.1. The number of anilines is 1. The average molecular weight is 717 g/mol. The van der Waals surface area contributed by atoms with Gasteiger partial charge in [0.1, 0.15) is 18.3 Å². The van der Waals surface area contributed by atoms with Gasteiger partial charge in [-0.15, -0.1) is 0 Å². The molecule has 1 atom stereocenters. The Morgan fingerprint density at radius 2 is 1.51 bits per heavy atom. The summed E-state index contributed by atoms with van der Waals surface area (Å²) in [5, 5.41) is 3.89. The van der Waals surface area contributed by atoms with Gasteiger partial charge in [-0.25, -0.2) is 8.42 Å². The number of carbonyl (C=O) groups is 2. The molecule has 4 aromatic carbocycles. The smallest absolute Gasteiger partial charge is 0.264 e. The van der Waals surface area contributed by atoms with Gasteiger partial charge in [0, 0.05) is 23.5 Å². The lowest BCUT2D eigenvalue weighted by atomic mass is 10.0. The van der Waals surface area contributed by atoms with Crippen LogP contribution >= 0.6 is 34.8 Å². The number of hydrogen-bond acceptors (Lipinski definition) is 5. The van der Waals surface area contributed by atoms with Crippen LogP contribution in [0.1, 0.15) is 31.9 Å². The molecule has 2 amide bonds. The molecule has 0 saturated carbocycles. The summed E-state index contributed by atoms with van der Waals surface area (Å²) in [6.45, 7) is 4.84. The lowest BCUT2D eigenvalue weighted by Gasteiger charge is -2.35. The normalized spacial score (nSPS) is 12.2. The summed E-state index contributed by atoms with van der Waals surface area (Å²) in [7, 11) is -2.83. The number of methoxy groups -OCH3 is 1. The molecular formula is C35H36Cl3N3O5S. The average Bonchev–Trinajstić information content (AvgIpc) is 3.02. The van der Waals surface area contributed by atoms with E-state index in [0.29, 0.717) is 16.3 Å². The van der Waals surface area contributed by atoms with Crippen LogP contribution in [0.25, 0.3) is 0 Å². The van der Waals surface area contributed by atoms with Crippen LogP contribution in [0.3, 0.4) is 0 Å². The van der Waals surface area contributed by atoms with E-state index in [1.807, 2.05) is 51.1 Å². The van der Waals surface area contributed by atoms with Crippen molar-refractivity contribution in [2.45, 2.75) is 50.2 Å². The molecule has 12 heteroatoms. The molecule has 8 nitrogen and oxygen atoms in total. The minimum Gasteiger partial charge on any atom is -0.497 e. The summed E-state index contributed by atoms with van der Waals surface area (Å²) in [5.74, 6) is -0.559. The molecule has 0 aromatic heterocycles. The first-order valence-electron chi connectivity index (χ1n) is 14.7. The zero-order valence-corrected chi connectivity index (χ0v) is 29.5. The molecular weight excluding hydrogens is 681 g/mol. The van der Waals surface area contributed by atoms with E-state index in [4.69, 9.17) is 39.5 Å². The molecule has 0 fully saturated rings. The second-order valence-corrected chi connectivity index (χ2v) is 15.0. The molecule has 47 heavy (non-hydrogen) atoms. The minimum atomic E-state index is -4.31. The van der Waals surface area contributed by atoms with Gasteiger partial charge in [-0.05, 0) is 86.5 Å². The number of carbonyl (C=O) groups excluding carboxylic acids is 2. The molecule has 4 aromatic rings. The quantitative estimate of drug-likeness (QED) is 0.165. The van der Waals surface area contributed by atoms with Crippen LogP contribution in [0, 0.1) is 0 Å². The maximum absolute atomic E-state index is 14.6. The van der Waals surface area contributed by atoms with Crippen molar-refractivity contribution in [2.75, 3.05) is 18.0 Å². The predicted molar refractivity (Wildman–Crippen MR) is 188 cm³/mol. The molecule has 0 unspecified atom stereocenters. The standard InChI is InChI=1S/C35H36Cl3N3O5S/c1-35(2,3)39-34(43)32(20-24-9-6-5-7-10-24)40(22-25-13-18-30(37)31(38)19-25)33(42)23-41(27-12-8-11-26(36)21-27)47(44,45)29-16-14-28(46-4)15-17-29/h5-19,21,32H,20,22-23H2,1-4H3,(H,39,43)/t32-/m1/s1. The fourth-order valence-corrected chi connectivity index (χ4v) is 6.79.